The number of benzene rings is 2. The lowest BCUT2D eigenvalue weighted by molar-refractivity contribution is -0.125. The molecule has 0 spiro atoms. The summed E-state index contributed by atoms with van der Waals surface area (Å²) in [6, 6.07) is 14.1. The lowest BCUT2D eigenvalue weighted by Crippen LogP contribution is -2.40. The fraction of sp³-hybridized carbons (Fsp3) is 0.391. The van der Waals surface area contributed by atoms with Crippen LogP contribution in [0.2, 0.25) is 0 Å². The van der Waals surface area contributed by atoms with Crippen LogP contribution in [-0.2, 0) is 9.59 Å². The summed E-state index contributed by atoms with van der Waals surface area (Å²) in [7, 11) is 1.65. The van der Waals surface area contributed by atoms with Crippen LogP contribution in [0.5, 0.6) is 5.75 Å². The summed E-state index contributed by atoms with van der Waals surface area (Å²) in [6.07, 6.45) is 2.07. The Morgan fingerprint density at radius 3 is 2.41 bits per heavy atom. The van der Waals surface area contributed by atoms with Gasteiger partial charge in [-0.1, -0.05) is 30.3 Å². The third-order valence-corrected chi connectivity index (χ3v) is 5.40. The maximum absolute atomic E-state index is 12.4. The molecule has 0 saturated carbocycles. The van der Waals surface area contributed by atoms with Crippen LogP contribution in [0.4, 0.5) is 5.69 Å². The number of likely N-dealkylation sites (tertiary alicyclic amines) is 1. The van der Waals surface area contributed by atoms with Crippen molar-refractivity contribution in [1.82, 2.24) is 10.2 Å². The number of nitrogens with one attached hydrogen (secondary N) is 2. The highest BCUT2D eigenvalue weighted by molar-refractivity contribution is 5.95. The second-order valence-corrected chi connectivity index (χ2v) is 7.49. The zero-order chi connectivity index (χ0) is 20.8. The van der Waals surface area contributed by atoms with Crippen LogP contribution in [0.15, 0.2) is 42.5 Å². The smallest absolute Gasteiger partial charge is 0.243 e. The normalized spacial score (nSPS) is 16.4. The minimum atomic E-state index is -0.219. The van der Waals surface area contributed by atoms with E-state index in [2.05, 4.69) is 27.7 Å². The maximum atomic E-state index is 12.4. The SMILES string of the molecule is COc1ccc(C2CCCN2CC(=O)NCC(=O)Nc2c(C)cccc2C)cc1. The minimum absolute atomic E-state index is 0.0341. The van der Waals surface area contributed by atoms with E-state index in [9.17, 15) is 9.59 Å². The van der Waals surface area contributed by atoms with Crippen LogP contribution >= 0.6 is 0 Å². The fourth-order valence-electron chi connectivity index (χ4n) is 3.83. The van der Waals surface area contributed by atoms with E-state index >= 15 is 0 Å². The molecule has 2 aromatic carbocycles. The second-order valence-electron chi connectivity index (χ2n) is 7.49. The van der Waals surface area contributed by atoms with Gasteiger partial charge in [0.25, 0.3) is 0 Å². The second kappa shape index (κ2) is 9.56. The third kappa shape index (κ3) is 5.35. The molecule has 1 atom stereocenters. The Kier molecular flexibility index (Phi) is 6.88. The van der Waals surface area contributed by atoms with Gasteiger partial charge in [-0.3, -0.25) is 14.5 Å². The number of amides is 2. The number of rotatable bonds is 7. The van der Waals surface area contributed by atoms with E-state index in [0.717, 1.165) is 42.0 Å². The standard InChI is InChI=1S/C23H29N3O3/c1-16-6-4-7-17(2)23(16)25-21(27)14-24-22(28)15-26-13-5-8-20(26)18-9-11-19(29-3)12-10-18/h4,6-7,9-12,20H,5,8,13-15H2,1-3H3,(H,24,28)(H,25,27). The molecule has 0 radical (unpaired) electrons. The summed E-state index contributed by atoms with van der Waals surface area (Å²) >= 11 is 0. The number of nitrogens with zero attached hydrogens (tertiary/aromatic N) is 1. The molecule has 1 aliphatic heterocycles. The molecule has 1 unspecified atom stereocenters. The van der Waals surface area contributed by atoms with Gasteiger partial charge in [-0.2, -0.15) is 0 Å². The van der Waals surface area contributed by atoms with Crippen molar-refractivity contribution >= 4 is 17.5 Å². The number of hydrogen-bond donors (Lipinski definition) is 2. The first-order valence-corrected chi connectivity index (χ1v) is 9.98. The Morgan fingerprint density at radius 2 is 1.76 bits per heavy atom. The van der Waals surface area contributed by atoms with Gasteiger partial charge in [-0.05, 0) is 62.1 Å². The molecule has 0 bridgehead atoms. The first-order chi connectivity index (χ1) is 14.0. The quantitative estimate of drug-likeness (QED) is 0.755. The van der Waals surface area contributed by atoms with Gasteiger partial charge in [-0.15, -0.1) is 0 Å². The Labute approximate surface area is 172 Å². The average Bonchev–Trinajstić information content (AvgIpc) is 3.17. The first-order valence-electron chi connectivity index (χ1n) is 9.98. The molecular weight excluding hydrogens is 366 g/mol. The molecule has 154 valence electrons. The highest BCUT2D eigenvalue weighted by Gasteiger charge is 2.27. The monoisotopic (exact) mass is 395 g/mol. The topological polar surface area (TPSA) is 70.7 Å². The van der Waals surface area contributed by atoms with Crippen LogP contribution < -0.4 is 15.4 Å². The molecule has 1 aliphatic rings. The van der Waals surface area contributed by atoms with E-state index in [-0.39, 0.29) is 30.9 Å². The minimum Gasteiger partial charge on any atom is -0.497 e. The highest BCUT2D eigenvalue weighted by Crippen LogP contribution is 2.32. The molecular formula is C23H29N3O3. The van der Waals surface area contributed by atoms with Crippen LogP contribution in [0.1, 0.15) is 35.6 Å². The third-order valence-electron chi connectivity index (χ3n) is 5.40. The van der Waals surface area contributed by atoms with Gasteiger partial charge >= 0.3 is 0 Å². The van der Waals surface area contributed by atoms with E-state index in [4.69, 9.17) is 4.74 Å². The number of anilines is 1. The largest absolute Gasteiger partial charge is 0.497 e. The Balaban J connectivity index is 1.51. The van der Waals surface area contributed by atoms with Crippen molar-refractivity contribution in [2.24, 2.45) is 0 Å². The molecule has 1 heterocycles. The molecule has 1 fully saturated rings. The van der Waals surface area contributed by atoms with Crippen LogP contribution in [0.3, 0.4) is 0 Å². The van der Waals surface area contributed by atoms with E-state index in [0.29, 0.717) is 0 Å². The molecule has 0 aromatic heterocycles. The Morgan fingerprint density at radius 1 is 1.07 bits per heavy atom. The summed E-state index contributed by atoms with van der Waals surface area (Å²) in [4.78, 5) is 26.8. The summed E-state index contributed by atoms with van der Waals surface area (Å²) in [5.74, 6) is 0.469. The number of methoxy groups -OCH3 is 1. The van der Waals surface area contributed by atoms with Gasteiger partial charge in [0.2, 0.25) is 11.8 Å². The maximum Gasteiger partial charge on any atom is 0.243 e. The molecule has 0 aliphatic carbocycles. The number of carbonyl (C=O) groups is 2. The van der Waals surface area contributed by atoms with Gasteiger partial charge in [0, 0.05) is 11.7 Å². The molecule has 2 aromatic rings. The van der Waals surface area contributed by atoms with E-state index in [1.54, 1.807) is 7.11 Å². The Hall–Kier alpha value is -2.86. The number of carbonyl (C=O) groups excluding carboxylic acids is 2. The molecule has 6 nitrogen and oxygen atoms in total. The highest BCUT2D eigenvalue weighted by atomic mass is 16.5. The van der Waals surface area contributed by atoms with Gasteiger partial charge < -0.3 is 15.4 Å². The molecule has 2 amide bonds. The predicted octanol–water partition coefficient (Wildman–Crippen LogP) is 3.20. The number of aryl methyl sites for hydroxylation is 2. The lowest BCUT2D eigenvalue weighted by atomic mass is 10.0. The Bertz CT molecular complexity index is 844. The van der Waals surface area contributed by atoms with Crippen LogP contribution in [0, 0.1) is 13.8 Å². The van der Waals surface area contributed by atoms with Gasteiger partial charge in [0.05, 0.1) is 20.2 Å². The van der Waals surface area contributed by atoms with Crippen LogP contribution in [0.25, 0.3) is 0 Å². The van der Waals surface area contributed by atoms with E-state index < -0.39 is 0 Å². The van der Waals surface area contributed by atoms with Crippen molar-refractivity contribution in [2.75, 3.05) is 32.1 Å². The molecule has 6 heteroatoms. The summed E-state index contributed by atoms with van der Waals surface area (Å²) in [5.41, 5.74) is 4.00. The molecule has 29 heavy (non-hydrogen) atoms. The van der Waals surface area contributed by atoms with Crippen molar-refractivity contribution in [3.05, 3.63) is 59.2 Å². The van der Waals surface area contributed by atoms with E-state index in [1.165, 1.54) is 5.56 Å². The van der Waals surface area contributed by atoms with Crippen molar-refractivity contribution in [3.63, 3.8) is 0 Å². The lowest BCUT2D eigenvalue weighted by Gasteiger charge is -2.24. The van der Waals surface area contributed by atoms with Gasteiger partial charge in [-0.25, -0.2) is 0 Å². The number of ether oxygens (including phenoxy) is 1. The fourth-order valence-corrected chi connectivity index (χ4v) is 3.83. The van der Waals surface area contributed by atoms with Crippen molar-refractivity contribution in [1.29, 1.82) is 0 Å². The van der Waals surface area contributed by atoms with Gasteiger partial charge in [0.1, 0.15) is 5.75 Å². The van der Waals surface area contributed by atoms with Crippen molar-refractivity contribution in [2.45, 2.75) is 32.7 Å². The van der Waals surface area contributed by atoms with E-state index in [1.807, 2.05) is 44.2 Å². The summed E-state index contributed by atoms with van der Waals surface area (Å²) in [5, 5.41) is 5.64. The first kappa shape index (κ1) is 20.9. The zero-order valence-electron chi connectivity index (χ0n) is 17.3. The zero-order valence-corrected chi connectivity index (χ0v) is 17.3. The number of para-hydroxylation sites is 1. The summed E-state index contributed by atoms with van der Waals surface area (Å²) in [6.45, 7) is 5.03. The van der Waals surface area contributed by atoms with Crippen molar-refractivity contribution in [3.8, 4) is 5.75 Å². The average molecular weight is 396 g/mol. The predicted molar refractivity (Wildman–Crippen MR) is 114 cm³/mol. The summed E-state index contributed by atoms with van der Waals surface area (Å²) < 4.78 is 5.22. The molecule has 3 rings (SSSR count). The number of hydrogen-bond acceptors (Lipinski definition) is 4. The molecule has 1 saturated heterocycles. The van der Waals surface area contributed by atoms with Crippen LogP contribution in [-0.4, -0.2) is 43.5 Å². The van der Waals surface area contributed by atoms with Gasteiger partial charge in [0.15, 0.2) is 0 Å². The molecule has 2 N–H and O–H groups in total. The van der Waals surface area contributed by atoms with Crippen molar-refractivity contribution < 1.29 is 14.3 Å².